The van der Waals surface area contributed by atoms with Crippen LogP contribution >= 0.6 is 0 Å². The first-order chi connectivity index (χ1) is 10.1. The van der Waals surface area contributed by atoms with Crippen molar-refractivity contribution in [1.82, 2.24) is 5.16 Å². The van der Waals surface area contributed by atoms with Crippen LogP contribution < -0.4 is 0 Å². The van der Waals surface area contributed by atoms with Gasteiger partial charge in [0.2, 0.25) is 0 Å². The van der Waals surface area contributed by atoms with Gasteiger partial charge in [0.1, 0.15) is 17.6 Å². The van der Waals surface area contributed by atoms with Crippen molar-refractivity contribution in [3.8, 4) is 11.3 Å². The number of aromatic nitrogens is 1. The maximum atomic E-state index is 11.7. The van der Waals surface area contributed by atoms with Crippen molar-refractivity contribution in [2.24, 2.45) is 0 Å². The molecule has 21 heavy (non-hydrogen) atoms. The van der Waals surface area contributed by atoms with Crippen LogP contribution in [0.25, 0.3) is 11.3 Å². The third-order valence-electron chi connectivity index (χ3n) is 3.10. The van der Waals surface area contributed by atoms with E-state index in [1.165, 1.54) is 0 Å². The molecule has 0 aliphatic heterocycles. The molecule has 1 unspecified atom stereocenters. The second-order valence-electron chi connectivity index (χ2n) is 4.52. The zero-order valence-electron chi connectivity index (χ0n) is 12.0. The van der Waals surface area contributed by atoms with E-state index in [1.54, 1.807) is 13.8 Å². The Morgan fingerprint density at radius 1 is 1.43 bits per heavy atom. The molecule has 5 heteroatoms. The molecule has 1 aromatic heterocycles. The summed E-state index contributed by atoms with van der Waals surface area (Å²) in [5, 5.41) is 14.4. The SMILES string of the molecule is C=C(C(=O)OCC)C(O)c1c(-c2ccccc2)noc1C. The molecule has 0 aliphatic rings. The third-order valence-corrected chi connectivity index (χ3v) is 3.10. The number of nitrogens with zero attached hydrogens (tertiary/aromatic N) is 1. The minimum Gasteiger partial charge on any atom is -0.463 e. The Kier molecular flexibility index (Phi) is 4.55. The van der Waals surface area contributed by atoms with E-state index in [4.69, 9.17) is 9.26 Å². The Hall–Kier alpha value is -2.40. The summed E-state index contributed by atoms with van der Waals surface area (Å²) in [6.07, 6.45) is -1.22. The number of ether oxygens (including phenoxy) is 1. The van der Waals surface area contributed by atoms with E-state index in [0.29, 0.717) is 17.0 Å². The van der Waals surface area contributed by atoms with Gasteiger partial charge in [-0.3, -0.25) is 0 Å². The van der Waals surface area contributed by atoms with Gasteiger partial charge >= 0.3 is 5.97 Å². The topological polar surface area (TPSA) is 72.6 Å². The highest BCUT2D eigenvalue weighted by atomic mass is 16.5. The fraction of sp³-hybridized carbons (Fsp3) is 0.250. The smallest absolute Gasteiger partial charge is 0.336 e. The number of esters is 1. The lowest BCUT2D eigenvalue weighted by atomic mass is 9.97. The Labute approximate surface area is 122 Å². The van der Waals surface area contributed by atoms with Crippen molar-refractivity contribution >= 4 is 5.97 Å². The second-order valence-corrected chi connectivity index (χ2v) is 4.52. The Bertz CT molecular complexity index is 646. The lowest BCUT2D eigenvalue weighted by molar-refractivity contribution is -0.139. The van der Waals surface area contributed by atoms with Crippen molar-refractivity contribution < 1.29 is 19.2 Å². The fourth-order valence-electron chi connectivity index (χ4n) is 2.02. The molecule has 2 aromatic rings. The van der Waals surface area contributed by atoms with Crippen molar-refractivity contribution in [2.45, 2.75) is 20.0 Å². The van der Waals surface area contributed by atoms with Gasteiger partial charge in [-0.05, 0) is 13.8 Å². The molecule has 0 amide bonds. The van der Waals surface area contributed by atoms with Gasteiger partial charge in [-0.1, -0.05) is 42.1 Å². The summed E-state index contributed by atoms with van der Waals surface area (Å²) in [5.74, 6) is -0.198. The largest absolute Gasteiger partial charge is 0.463 e. The first-order valence-corrected chi connectivity index (χ1v) is 6.61. The highest BCUT2D eigenvalue weighted by molar-refractivity contribution is 5.89. The van der Waals surface area contributed by atoms with Gasteiger partial charge in [-0.15, -0.1) is 0 Å². The minimum atomic E-state index is -1.22. The average molecular weight is 287 g/mol. The van der Waals surface area contributed by atoms with E-state index in [9.17, 15) is 9.90 Å². The number of hydrogen-bond donors (Lipinski definition) is 1. The molecule has 0 bridgehead atoms. The first-order valence-electron chi connectivity index (χ1n) is 6.61. The van der Waals surface area contributed by atoms with Gasteiger partial charge in [0.05, 0.1) is 17.7 Å². The van der Waals surface area contributed by atoms with Crippen molar-refractivity contribution in [3.05, 3.63) is 53.8 Å². The summed E-state index contributed by atoms with van der Waals surface area (Å²) in [4.78, 5) is 11.7. The standard InChI is InChI=1S/C16H17NO4/c1-4-20-16(19)10(2)15(18)13-11(3)21-17-14(13)12-8-6-5-7-9-12/h5-9,15,18H,2,4H2,1,3H3. The number of benzene rings is 1. The number of carbonyl (C=O) groups is 1. The average Bonchev–Trinajstić information content (AvgIpc) is 2.88. The predicted molar refractivity (Wildman–Crippen MR) is 77.4 cm³/mol. The summed E-state index contributed by atoms with van der Waals surface area (Å²) in [6, 6.07) is 9.29. The normalized spacial score (nSPS) is 12.0. The van der Waals surface area contributed by atoms with E-state index in [1.807, 2.05) is 30.3 Å². The summed E-state index contributed by atoms with van der Waals surface area (Å²) in [6.45, 7) is 7.20. The molecule has 0 saturated carbocycles. The van der Waals surface area contributed by atoms with Crippen LogP contribution in [0.4, 0.5) is 0 Å². The molecule has 0 saturated heterocycles. The maximum Gasteiger partial charge on any atom is 0.336 e. The van der Waals surface area contributed by atoms with E-state index < -0.39 is 12.1 Å². The fourth-order valence-corrected chi connectivity index (χ4v) is 2.02. The lowest BCUT2D eigenvalue weighted by Gasteiger charge is -2.13. The van der Waals surface area contributed by atoms with E-state index >= 15 is 0 Å². The Morgan fingerprint density at radius 2 is 2.10 bits per heavy atom. The molecular weight excluding hydrogens is 270 g/mol. The van der Waals surface area contributed by atoms with Crippen LogP contribution in [-0.2, 0) is 9.53 Å². The number of rotatable bonds is 5. The van der Waals surface area contributed by atoms with Crippen LogP contribution in [0.3, 0.4) is 0 Å². The van der Waals surface area contributed by atoms with Crippen molar-refractivity contribution in [1.29, 1.82) is 0 Å². The van der Waals surface area contributed by atoms with Crippen LogP contribution in [0.5, 0.6) is 0 Å². The van der Waals surface area contributed by atoms with Crippen molar-refractivity contribution in [2.75, 3.05) is 6.61 Å². The van der Waals surface area contributed by atoms with Crippen molar-refractivity contribution in [3.63, 3.8) is 0 Å². The molecule has 0 spiro atoms. The highest BCUT2D eigenvalue weighted by Gasteiger charge is 2.27. The molecule has 2 rings (SSSR count). The summed E-state index contributed by atoms with van der Waals surface area (Å²) >= 11 is 0. The number of aliphatic hydroxyl groups is 1. The summed E-state index contributed by atoms with van der Waals surface area (Å²) in [7, 11) is 0. The Morgan fingerprint density at radius 3 is 2.71 bits per heavy atom. The van der Waals surface area contributed by atoms with Gasteiger partial charge in [-0.2, -0.15) is 0 Å². The van der Waals surface area contributed by atoms with E-state index in [-0.39, 0.29) is 12.2 Å². The van der Waals surface area contributed by atoms with Gasteiger partial charge < -0.3 is 14.4 Å². The molecule has 1 atom stereocenters. The molecule has 0 fully saturated rings. The van der Waals surface area contributed by atoms with Crippen LogP contribution in [0, 0.1) is 6.92 Å². The Balaban J connectivity index is 2.38. The predicted octanol–water partition coefficient (Wildman–Crippen LogP) is 2.80. The number of hydrogen-bond acceptors (Lipinski definition) is 5. The quantitative estimate of drug-likeness (QED) is 0.676. The van der Waals surface area contributed by atoms with Crippen LogP contribution in [0.1, 0.15) is 24.4 Å². The van der Waals surface area contributed by atoms with E-state index in [2.05, 4.69) is 11.7 Å². The van der Waals surface area contributed by atoms with Crippen LogP contribution in [-0.4, -0.2) is 22.8 Å². The van der Waals surface area contributed by atoms with E-state index in [0.717, 1.165) is 5.56 Å². The molecule has 0 radical (unpaired) electrons. The van der Waals surface area contributed by atoms with Gasteiger partial charge in [0, 0.05) is 5.56 Å². The number of aryl methyl sites for hydroxylation is 1. The highest BCUT2D eigenvalue weighted by Crippen LogP contribution is 2.33. The number of aliphatic hydroxyl groups excluding tert-OH is 1. The van der Waals surface area contributed by atoms with Gasteiger partial charge in [0.15, 0.2) is 0 Å². The third kappa shape index (κ3) is 3.03. The zero-order chi connectivity index (χ0) is 15.4. The van der Waals surface area contributed by atoms with Gasteiger partial charge in [0.25, 0.3) is 0 Å². The summed E-state index contributed by atoms with van der Waals surface area (Å²) < 4.78 is 10.0. The maximum absolute atomic E-state index is 11.7. The monoisotopic (exact) mass is 287 g/mol. The molecule has 5 nitrogen and oxygen atoms in total. The molecule has 1 aromatic carbocycles. The van der Waals surface area contributed by atoms with Crippen LogP contribution in [0.15, 0.2) is 47.0 Å². The zero-order valence-corrected chi connectivity index (χ0v) is 12.0. The molecule has 110 valence electrons. The first kappa shape index (κ1) is 15.0. The molecule has 0 aliphatic carbocycles. The van der Waals surface area contributed by atoms with Crippen LogP contribution in [0.2, 0.25) is 0 Å². The summed E-state index contributed by atoms with van der Waals surface area (Å²) in [5.41, 5.74) is 1.67. The van der Waals surface area contributed by atoms with Gasteiger partial charge in [-0.25, -0.2) is 4.79 Å². The lowest BCUT2D eigenvalue weighted by Crippen LogP contribution is -2.14. The number of carbonyl (C=O) groups excluding carboxylic acids is 1. The minimum absolute atomic E-state index is 0.0414. The second kappa shape index (κ2) is 6.37. The molecule has 1 heterocycles. The molecular formula is C16H17NO4. The molecule has 1 N–H and O–H groups in total.